The Labute approximate surface area is 113 Å². The van der Waals surface area contributed by atoms with Crippen LogP contribution < -0.4 is 11.3 Å². The molecule has 0 spiro atoms. The third kappa shape index (κ3) is 2.97. The van der Waals surface area contributed by atoms with Crippen LogP contribution in [0.15, 0.2) is 18.5 Å². The van der Waals surface area contributed by atoms with E-state index in [0.717, 1.165) is 35.5 Å². The minimum atomic E-state index is -0.111. The molecule has 0 aliphatic heterocycles. The van der Waals surface area contributed by atoms with Crippen LogP contribution in [0.3, 0.4) is 0 Å². The average molecular weight is 260 g/mol. The van der Waals surface area contributed by atoms with Gasteiger partial charge in [0.2, 0.25) is 0 Å². The summed E-state index contributed by atoms with van der Waals surface area (Å²) in [5.41, 5.74) is 6.65. The topological polar surface area (TPSA) is 81.7 Å². The fraction of sp³-hybridized carbons (Fsp3) is 0.462. The first-order chi connectivity index (χ1) is 9.15. The maximum absolute atomic E-state index is 5.70. The zero-order valence-electron chi connectivity index (χ0n) is 11.6. The van der Waals surface area contributed by atoms with Crippen molar-refractivity contribution in [1.29, 1.82) is 0 Å². The second kappa shape index (κ2) is 5.90. The fourth-order valence-corrected chi connectivity index (χ4v) is 2.11. The molecular formula is C13H20N6. The molecule has 0 aliphatic rings. The number of hydrazine groups is 1. The fourth-order valence-electron chi connectivity index (χ4n) is 2.11. The van der Waals surface area contributed by atoms with Gasteiger partial charge in [-0.2, -0.15) is 15.3 Å². The molecule has 2 rings (SSSR count). The van der Waals surface area contributed by atoms with Crippen LogP contribution in [-0.4, -0.2) is 20.0 Å². The van der Waals surface area contributed by atoms with Crippen LogP contribution in [0, 0.1) is 13.8 Å². The van der Waals surface area contributed by atoms with Gasteiger partial charge < -0.3 is 0 Å². The van der Waals surface area contributed by atoms with E-state index >= 15 is 0 Å². The van der Waals surface area contributed by atoms with Gasteiger partial charge in [0.15, 0.2) is 0 Å². The summed E-state index contributed by atoms with van der Waals surface area (Å²) in [6.45, 7) is 6.89. The van der Waals surface area contributed by atoms with E-state index in [4.69, 9.17) is 5.84 Å². The molecule has 2 heterocycles. The Hall–Kier alpha value is -1.79. The maximum Gasteiger partial charge on any atom is 0.0759 e. The molecule has 1 unspecified atom stereocenters. The van der Waals surface area contributed by atoms with Crippen molar-refractivity contribution in [1.82, 2.24) is 25.4 Å². The maximum atomic E-state index is 5.70. The first-order valence-corrected chi connectivity index (χ1v) is 6.45. The zero-order chi connectivity index (χ0) is 13.8. The predicted octanol–water partition coefficient (Wildman–Crippen LogP) is 1.25. The molecule has 1 atom stereocenters. The summed E-state index contributed by atoms with van der Waals surface area (Å²) in [7, 11) is 0. The highest BCUT2D eigenvalue weighted by Gasteiger charge is 2.17. The van der Waals surface area contributed by atoms with Crippen molar-refractivity contribution >= 4 is 0 Å². The Morgan fingerprint density at radius 3 is 2.84 bits per heavy atom. The highest BCUT2D eigenvalue weighted by molar-refractivity contribution is 5.31. The Morgan fingerprint density at radius 1 is 1.37 bits per heavy atom. The van der Waals surface area contributed by atoms with E-state index in [9.17, 15) is 0 Å². The third-order valence-corrected chi connectivity index (χ3v) is 3.06. The van der Waals surface area contributed by atoms with Gasteiger partial charge in [0.05, 0.1) is 23.6 Å². The van der Waals surface area contributed by atoms with Crippen LogP contribution in [-0.2, 0) is 6.54 Å². The SMILES string of the molecule is CCCn1cc(C(NN)c2cc(C)nnc2C)cn1. The van der Waals surface area contributed by atoms with Gasteiger partial charge in [-0.25, -0.2) is 5.43 Å². The number of hydrogen-bond donors (Lipinski definition) is 2. The van der Waals surface area contributed by atoms with Crippen molar-refractivity contribution in [2.75, 3.05) is 0 Å². The summed E-state index contributed by atoms with van der Waals surface area (Å²) in [5, 5.41) is 12.5. The van der Waals surface area contributed by atoms with Gasteiger partial charge >= 0.3 is 0 Å². The van der Waals surface area contributed by atoms with E-state index in [-0.39, 0.29) is 6.04 Å². The minimum Gasteiger partial charge on any atom is -0.272 e. The monoisotopic (exact) mass is 260 g/mol. The summed E-state index contributed by atoms with van der Waals surface area (Å²) in [6, 6.07) is 1.89. The van der Waals surface area contributed by atoms with Gasteiger partial charge in [-0.3, -0.25) is 10.5 Å². The van der Waals surface area contributed by atoms with Crippen molar-refractivity contribution < 1.29 is 0 Å². The quantitative estimate of drug-likeness (QED) is 0.624. The van der Waals surface area contributed by atoms with E-state index < -0.39 is 0 Å². The van der Waals surface area contributed by atoms with Gasteiger partial charge in [-0.1, -0.05) is 6.92 Å². The Balaban J connectivity index is 2.35. The highest BCUT2D eigenvalue weighted by atomic mass is 15.3. The van der Waals surface area contributed by atoms with Crippen molar-refractivity contribution in [2.24, 2.45) is 5.84 Å². The predicted molar refractivity (Wildman–Crippen MR) is 73.2 cm³/mol. The first-order valence-electron chi connectivity index (χ1n) is 6.45. The lowest BCUT2D eigenvalue weighted by atomic mass is 10.0. The van der Waals surface area contributed by atoms with E-state index in [1.54, 1.807) is 0 Å². The van der Waals surface area contributed by atoms with Crippen LogP contribution in [0.25, 0.3) is 0 Å². The standard InChI is InChI=1S/C13H20N6/c1-4-5-19-8-11(7-15-19)13(16-14)12-6-9(2)17-18-10(12)3/h6-8,13,16H,4-5,14H2,1-3H3. The van der Waals surface area contributed by atoms with E-state index in [1.165, 1.54) is 0 Å². The number of nitrogens with two attached hydrogens (primary N) is 1. The summed E-state index contributed by atoms with van der Waals surface area (Å²) >= 11 is 0. The molecule has 2 aromatic heterocycles. The molecule has 6 nitrogen and oxygen atoms in total. The molecule has 0 saturated heterocycles. The van der Waals surface area contributed by atoms with E-state index in [2.05, 4.69) is 27.6 Å². The molecule has 0 aliphatic carbocycles. The molecule has 3 N–H and O–H groups in total. The Bertz CT molecular complexity index is 548. The first kappa shape index (κ1) is 13.6. The molecule has 0 radical (unpaired) electrons. The summed E-state index contributed by atoms with van der Waals surface area (Å²) in [5.74, 6) is 5.70. The van der Waals surface area contributed by atoms with E-state index in [0.29, 0.717) is 0 Å². The number of rotatable bonds is 5. The molecule has 102 valence electrons. The van der Waals surface area contributed by atoms with Gasteiger partial charge in [0.1, 0.15) is 0 Å². The molecule has 0 fully saturated rings. The minimum absolute atomic E-state index is 0.111. The van der Waals surface area contributed by atoms with Crippen LogP contribution in [0.1, 0.15) is 41.9 Å². The second-order valence-electron chi connectivity index (χ2n) is 4.66. The Morgan fingerprint density at radius 2 is 2.16 bits per heavy atom. The molecular weight excluding hydrogens is 240 g/mol. The summed E-state index contributed by atoms with van der Waals surface area (Å²) < 4.78 is 1.93. The third-order valence-electron chi connectivity index (χ3n) is 3.06. The van der Waals surface area contributed by atoms with Crippen molar-refractivity contribution in [2.45, 2.75) is 39.8 Å². The van der Waals surface area contributed by atoms with Gasteiger partial charge in [0.25, 0.3) is 0 Å². The van der Waals surface area contributed by atoms with Gasteiger partial charge in [-0.05, 0) is 31.9 Å². The number of aromatic nitrogens is 4. The lowest BCUT2D eigenvalue weighted by Crippen LogP contribution is -2.29. The molecule has 0 saturated carbocycles. The van der Waals surface area contributed by atoms with Crippen LogP contribution in [0.4, 0.5) is 0 Å². The average Bonchev–Trinajstić information content (AvgIpc) is 2.83. The zero-order valence-corrected chi connectivity index (χ0v) is 11.6. The number of aryl methyl sites for hydroxylation is 3. The molecule has 6 heteroatoms. The molecule has 2 aromatic rings. The Kier molecular flexibility index (Phi) is 4.24. The van der Waals surface area contributed by atoms with Crippen LogP contribution >= 0.6 is 0 Å². The lowest BCUT2D eigenvalue weighted by Gasteiger charge is -2.16. The largest absolute Gasteiger partial charge is 0.272 e. The van der Waals surface area contributed by atoms with Crippen molar-refractivity contribution in [3.05, 3.63) is 41.0 Å². The van der Waals surface area contributed by atoms with Crippen LogP contribution in [0.5, 0.6) is 0 Å². The summed E-state index contributed by atoms with van der Waals surface area (Å²) in [6.07, 6.45) is 4.91. The number of nitrogens with zero attached hydrogens (tertiary/aromatic N) is 4. The van der Waals surface area contributed by atoms with Crippen molar-refractivity contribution in [3.8, 4) is 0 Å². The van der Waals surface area contributed by atoms with Crippen LogP contribution in [0.2, 0.25) is 0 Å². The van der Waals surface area contributed by atoms with E-state index in [1.807, 2.05) is 37.0 Å². The summed E-state index contributed by atoms with van der Waals surface area (Å²) in [4.78, 5) is 0. The molecule has 0 amide bonds. The smallest absolute Gasteiger partial charge is 0.0759 e. The molecule has 0 bridgehead atoms. The highest BCUT2D eigenvalue weighted by Crippen LogP contribution is 2.23. The van der Waals surface area contributed by atoms with Gasteiger partial charge in [-0.15, -0.1) is 0 Å². The molecule has 0 aromatic carbocycles. The normalized spacial score (nSPS) is 12.6. The number of nitrogens with one attached hydrogen (secondary N) is 1. The number of hydrogen-bond acceptors (Lipinski definition) is 5. The lowest BCUT2D eigenvalue weighted by molar-refractivity contribution is 0.596. The van der Waals surface area contributed by atoms with Crippen molar-refractivity contribution in [3.63, 3.8) is 0 Å². The van der Waals surface area contributed by atoms with Gasteiger partial charge in [0, 0.05) is 18.3 Å². The molecule has 19 heavy (non-hydrogen) atoms. The second-order valence-corrected chi connectivity index (χ2v) is 4.66.